The summed E-state index contributed by atoms with van der Waals surface area (Å²) in [5.41, 5.74) is -0.283. The van der Waals surface area contributed by atoms with Gasteiger partial charge in [0.05, 0.1) is 9.95 Å². The molecule has 1 aromatic rings. The number of nitro benzene ring substituents is 1. The van der Waals surface area contributed by atoms with Crippen molar-refractivity contribution in [2.24, 2.45) is 0 Å². The number of nitro groups is 1. The summed E-state index contributed by atoms with van der Waals surface area (Å²) in [6, 6.07) is 4.14. The van der Waals surface area contributed by atoms with Crippen molar-refractivity contribution < 1.29 is 9.72 Å². The van der Waals surface area contributed by atoms with Crippen LogP contribution in [-0.2, 0) is 0 Å². The van der Waals surface area contributed by atoms with E-state index in [0.29, 0.717) is 0 Å². The van der Waals surface area contributed by atoms with Crippen molar-refractivity contribution in [3.63, 3.8) is 0 Å². The Morgan fingerprint density at radius 3 is 2.54 bits per heavy atom. The summed E-state index contributed by atoms with van der Waals surface area (Å²) in [6.45, 7) is 1.24. The Balaban J connectivity index is 3.43. The normalized spacial score (nSPS) is 9.69. The maximum absolute atomic E-state index is 11.0. The third kappa shape index (κ3) is 1.84. The summed E-state index contributed by atoms with van der Waals surface area (Å²) in [5, 5.41) is 10.6. The van der Waals surface area contributed by atoms with Crippen molar-refractivity contribution in [1.82, 2.24) is 0 Å². The Morgan fingerprint density at radius 2 is 2.15 bits per heavy atom. The van der Waals surface area contributed by atoms with Crippen LogP contribution in [0.1, 0.15) is 17.3 Å². The maximum Gasteiger partial charge on any atom is 0.281 e. The summed E-state index contributed by atoms with van der Waals surface area (Å²) < 4.78 is 0. The van der Waals surface area contributed by atoms with Crippen LogP contribution in [0, 0.1) is 10.1 Å². The van der Waals surface area contributed by atoms with Gasteiger partial charge in [-0.15, -0.1) is 0 Å². The van der Waals surface area contributed by atoms with Crippen molar-refractivity contribution in [3.8, 4) is 0 Å². The number of rotatable bonds is 2. The first-order chi connectivity index (χ1) is 6.04. The molecule has 4 nitrogen and oxygen atoms in total. The van der Waals surface area contributed by atoms with E-state index in [1.54, 1.807) is 0 Å². The molecule has 0 spiro atoms. The number of halogens is 1. The van der Waals surface area contributed by atoms with Crippen molar-refractivity contribution in [2.45, 2.75) is 6.92 Å². The summed E-state index contributed by atoms with van der Waals surface area (Å²) in [5.74, 6) is -0.405. The molecule has 0 atom stereocenters. The van der Waals surface area contributed by atoms with E-state index in [0.717, 1.165) is 0 Å². The molecule has 13 heavy (non-hydrogen) atoms. The van der Waals surface area contributed by atoms with E-state index >= 15 is 0 Å². The quantitative estimate of drug-likeness (QED) is 0.418. The molecule has 0 N–H and O–H groups in total. The van der Waals surface area contributed by atoms with E-state index in [9.17, 15) is 14.9 Å². The molecule has 0 aliphatic rings. The highest BCUT2D eigenvalue weighted by Gasteiger charge is 2.19. The average molecular weight is 200 g/mol. The monoisotopic (exact) mass is 199 g/mol. The molecule has 0 aliphatic carbocycles. The Labute approximate surface area is 79.3 Å². The Morgan fingerprint density at radius 1 is 1.54 bits per heavy atom. The van der Waals surface area contributed by atoms with E-state index in [2.05, 4.69) is 0 Å². The number of ketones is 1. The smallest absolute Gasteiger partial charge is 0.281 e. The van der Waals surface area contributed by atoms with Gasteiger partial charge in [-0.3, -0.25) is 14.9 Å². The number of carbonyl (C=O) groups excluding carboxylic acids is 1. The average Bonchev–Trinajstić information content (AvgIpc) is 2.02. The second kappa shape index (κ2) is 3.53. The molecule has 1 aromatic carbocycles. The predicted molar refractivity (Wildman–Crippen MR) is 48.1 cm³/mol. The molecule has 0 radical (unpaired) electrons. The SMILES string of the molecule is CC(=O)c1c(Cl)cccc1[N+](=O)[O-]. The highest BCUT2D eigenvalue weighted by atomic mass is 35.5. The van der Waals surface area contributed by atoms with Gasteiger partial charge in [-0.25, -0.2) is 0 Å². The number of hydrogen-bond donors (Lipinski definition) is 0. The van der Waals surface area contributed by atoms with Gasteiger partial charge in [-0.1, -0.05) is 17.7 Å². The van der Waals surface area contributed by atoms with Crippen LogP contribution in [0.2, 0.25) is 5.02 Å². The summed E-state index contributed by atoms with van der Waals surface area (Å²) in [7, 11) is 0. The first kappa shape index (κ1) is 9.67. The second-order valence-electron chi connectivity index (χ2n) is 2.45. The molecule has 0 bridgehead atoms. The van der Waals surface area contributed by atoms with Gasteiger partial charge in [0, 0.05) is 6.07 Å². The van der Waals surface area contributed by atoms with Crippen molar-refractivity contribution in [1.29, 1.82) is 0 Å². The van der Waals surface area contributed by atoms with Crippen LogP contribution in [0.3, 0.4) is 0 Å². The standard InChI is InChI=1S/C8H6ClNO3/c1-5(11)8-6(9)3-2-4-7(8)10(12)13/h2-4H,1H3. The zero-order valence-corrected chi connectivity index (χ0v) is 7.54. The van der Waals surface area contributed by atoms with Gasteiger partial charge in [0.1, 0.15) is 5.56 Å². The summed E-state index contributed by atoms with van der Waals surface area (Å²) in [6.07, 6.45) is 0. The Bertz CT molecular complexity index is 376. The van der Waals surface area contributed by atoms with Crippen LogP contribution in [0.4, 0.5) is 5.69 Å². The zero-order chi connectivity index (χ0) is 10.0. The summed E-state index contributed by atoms with van der Waals surface area (Å²) in [4.78, 5) is 20.9. The molecule has 0 aromatic heterocycles. The fourth-order valence-corrected chi connectivity index (χ4v) is 1.32. The number of benzene rings is 1. The lowest BCUT2D eigenvalue weighted by Gasteiger charge is -1.99. The van der Waals surface area contributed by atoms with E-state index in [4.69, 9.17) is 11.6 Å². The number of Topliss-reactive ketones (excluding diaryl/α,β-unsaturated/α-hetero) is 1. The first-order valence-corrected chi connectivity index (χ1v) is 3.85. The minimum absolute atomic E-state index is 0.0332. The van der Waals surface area contributed by atoms with Gasteiger partial charge < -0.3 is 0 Å². The van der Waals surface area contributed by atoms with Gasteiger partial charge in [-0.2, -0.15) is 0 Å². The molecule has 68 valence electrons. The molecule has 0 aliphatic heterocycles. The van der Waals surface area contributed by atoms with Gasteiger partial charge in [-0.05, 0) is 13.0 Å². The van der Waals surface area contributed by atoms with Gasteiger partial charge in [0.2, 0.25) is 0 Å². The van der Waals surface area contributed by atoms with Gasteiger partial charge in [0.15, 0.2) is 5.78 Å². The van der Waals surface area contributed by atoms with Crippen molar-refractivity contribution >= 4 is 23.1 Å². The predicted octanol–water partition coefficient (Wildman–Crippen LogP) is 2.45. The lowest BCUT2D eigenvalue weighted by atomic mass is 10.1. The van der Waals surface area contributed by atoms with Crippen LogP contribution in [-0.4, -0.2) is 10.7 Å². The number of hydrogen-bond acceptors (Lipinski definition) is 3. The molecule has 1 rings (SSSR count). The zero-order valence-electron chi connectivity index (χ0n) is 6.78. The third-order valence-corrected chi connectivity index (χ3v) is 1.86. The second-order valence-corrected chi connectivity index (χ2v) is 2.85. The van der Waals surface area contributed by atoms with E-state index in [1.807, 2.05) is 0 Å². The molecule has 0 amide bonds. The molecular weight excluding hydrogens is 194 g/mol. The number of nitrogens with zero attached hydrogens (tertiary/aromatic N) is 1. The highest BCUT2D eigenvalue weighted by Crippen LogP contribution is 2.26. The largest absolute Gasteiger partial charge is 0.294 e. The molecule has 0 fully saturated rings. The lowest BCUT2D eigenvalue weighted by Crippen LogP contribution is -2.00. The van der Waals surface area contributed by atoms with E-state index in [1.165, 1.54) is 25.1 Å². The van der Waals surface area contributed by atoms with Crippen molar-refractivity contribution in [2.75, 3.05) is 0 Å². The maximum atomic E-state index is 11.0. The molecule has 0 saturated heterocycles. The van der Waals surface area contributed by atoms with Crippen LogP contribution >= 0.6 is 11.6 Å². The van der Waals surface area contributed by atoms with Crippen LogP contribution in [0.25, 0.3) is 0 Å². The van der Waals surface area contributed by atoms with Gasteiger partial charge >= 0.3 is 0 Å². The lowest BCUT2D eigenvalue weighted by molar-refractivity contribution is -0.385. The molecule has 0 unspecified atom stereocenters. The third-order valence-electron chi connectivity index (χ3n) is 1.54. The van der Waals surface area contributed by atoms with Crippen LogP contribution in [0.5, 0.6) is 0 Å². The molecule has 0 saturated carbocycles. The van der Waals surface area contributed by atoms with Gasteiger partial charge in [0.25, 0.3) is 5.69 Å². The van der Waals surface area contributed by atoms with Crippen LogP contribution in [0.15, 0.2) is 18.2 Å². The minimum Gasteiger partial charge on any atom is -0.294 e. The van der Waals surface area contributed by atoms with Crippen LogP contribution < -0.4 is 0 Å². The fourth-order valence-electron chi connectivity index (χ4n) is 1.01. The minimum atomic E-state index is -0.622. The Hall–Kier alpha value is -1.42. The molecule has 5 heteroatoms. The van der Waals surface area contributed by atoms with E-state index in [-0.39, 0.29) is 16.3 Å². The first-order valence-electron chi connectivity index (χ1n) is 3.48. The Kier molecular flexibility index (Phi) is 2.63. The summed E-state index contributed by atoms with van der Waals surface area (Å²) >= 11 is 5.64. The highest BCUT2D eigenvalue weighted by molar-refractivity contribution is 6.34. The molecular formula is C8H6ClNO3. The van der Waals surface area contributed by atoms with E-state index < -0.39 is 10.7 Å². The molecule has 0 heterocycles. The van der Waals surface area contributed by atoms with Crippen molar-refractivity contribution in [3.05, 3.63) is 38.9 Å². The topological polar surface area (TPSA) is 60.2 Å². The number of carbonyl (C=O) groups is 1. The fraction of sp³-hybridized carbons (Fsp3) is 0.125.